The Labute approximate surface area is 214 Å². The van der Waals surface area contributed by atoms with Crippen LogP contribution in [0.15, 0.2) is 40.7 Å². The van der Waals surface area contributed by atoms with Gasteiger partial charge in [0, 0.05) is 11.9 Å². The Morgan fingerprint density at radius 1 is 1.11 bits per heavy atom. The summed E-state index contributed by atoms with van der Waals surface area (Å²) in [5.74, 6) is -1.02. The molecule has 196 valence electrons. The van der Waals surface area contributed by atoms with Gasteiger partial charge in [-0.3, -0.25) is 19.9 Å². The number of amides is 3. The number of hydrogen-bond acceptors (Lipinski definition) is 8. The largest absolute Gasteiger partial charge is 0.444 e. The topological polar surface area (TPSA) is 188 Å². The average molecular weight is 518 g/mol. The standard InChI is InChI=1S/C24H35N7O4S/c1-2-3-12-18(20(26)32)29-21(33)19-15-36-22(30-19)17(25)11-7-8-13-28-23(27)31-24(34)35-14-16-9-5-4-6-10-16/h4-6,9-10,15,17-18H,2-3,7-8,11-14,25H2,1H3,(H2,26,32)(H,29,33)(H3,27,28,31,34). The van der Waals surface area contributed by atoms with Crippen molar-refractivity contribution in [1.29, 1.82) is 0 Å². The Hall–Kier alpha value is -3.51. The monoisotopic (exact) mass is 517 g/mol. The van der Waals surface area contributed by atoms with Crippen LogP contribution in [0.2, 0.25) is 0 Å². The van der Waals surface area contributed by atoms with Crippen molar-refractivity contribution in [2.24, 2.45) is 22.2 Å². The molecular weight excluding hydrogens is 482 g/mol. The summed E-state index contributed by atoms with van der Waals surface area (Å²) in [6.45, 7) is 2.55. The van der Waals surface area contributed by atoms with Gasteiger partial charge in [-0.05, 0) is 31.2 Å². The summed E-state index contributed by atoms with van der Waals surface area (Å²) in [5.41, 5.74) is 18.4. The summed E-state index contributed by atoms with van der Waals surface area (Å²) in [6.07, 6.45) is 3.58. The van der Waals surface area contributed by atoms with Gasteiger partial charge >= 0.3 is 6.09 Å². The Bertz CT molecular complexity index is 1010. The highest BCUT2D eigenvalue weighted by Gasteiger charge is 2.21. The first-order valence-electron chi connectivity index (χ1n) is 11.9. The number of carbonyl (C=O) groups excluding carboxylic acids is 3. The molecule has 0 saturated carbocycles. The molecule has 1 aromatic carbocycles. The molecule has 0 spiro atoms. The summed E-state index contributed by atoms with van der Waals surface area (Å²) < 4.78 is 5.09. The molecule has 11 nitrogen and oxygen atoms in total. The minimum Gasteiger partial charge on any atom is -0.444 e. The van der Waals surface area contributed by atoms with Gasteiger partial charge in [-0.2, -0.15) is 0 Å². The van der Waals surface area contributed by atoms with E-state index < -0.39 is 23.9 Å². The molecular formula is C24H35N7O4S. The second kappa shape index (κ2) is 15.5. The Balaban J connectivity index is 1.69. The first-order chi connectivity index (χ1) is 17.3. The number of nitrogens with two attached hydrogens (primary N) is 3. The van der Waals surface area contributed by atoms with E-state index in [4.69, 9.17) is 21.9 Å². The molecule has 1 aromatic heterocycles. The van der Waals surface area contributed by atoms with Crippen molar-refractivity contribution < 1.29 is 19.1 Å². The fourth-order valence-corrected chi connectivity index (χ4v) is 4.03. The van der Waals surface area contributed by atoms with Crippen LogP contribution in [0.25, 0.3) is 0 Å². The minimum absolute atomic E-state index is 0.0128. The first-order valence-corrected chi connectivity index (χ1v) is 12.8. The van der Waals surface area contributed by atoms with Crippen molar-refractivity contribution in [2.75, 3.05) is 6.54 Å². The number of benzene rings is 1. The lowest BCUT2D eigenvalue weighted by atomic mass is 10.1. The Morgan fingerprint density at radius 2 is 1.86 bits per heavy atom. The van der Waals surface area contributed by atoms with E-state index in [2.05, 4.69) is 20.6 Å². The molecule has 36 heavy (non-hydrogen) atoms. The lowest BCUT2D eigenvalue weighted by Crippen LogP contribution is -2.44. The van der Waals surface area contributed by atoms with Gasteiger partial charge in [-0.15, -0.1) is 11.3 Å². The second-order valence-corrected chi connectivity index (χ2v) is 9.09. The molecule has 0 bridgehead atoms. The van der Waals surface area contributed by atoms with Gasteiger partial charge in [0.2, 0.25) is 5.91 Å². The number of hydrogen-bond donors (Lipinski definition) is 5. The van der Waals surface area contributed by atoms with E-state index in [9.17, 15) is 14.4 Å². The van der Waals surface area contributed by atoms with E-state index in [1.807, 2.05) is 37.3 Å². The lowest BCUT2D eigenvalue weighted by Gasteiger charge is -2.14. The second-order valence-electron chi connectivity index (χ2n) is 8.20. The van der Waals surface area contributed by atoms with Crippen LogP contribution >= 0.6 is 11.3 Å². The van der Waals surface area contributed by atoms with Crippen LogP contribution in [0.5, 0.6) is 0 Å². The number of rotatable bonds is 14. The summed E-state index contributed by atoms with van der Waals surface area (Å²) in [4.78, 5) is 44.2. The van der Waals surface area contributed by atoms with Crippen molar-refractivity contribution in [3.8, 4) is 0 Å². The molecule has 0 saturated heterocycles. The summed E-state index contributed by atoms with van der Waals surface area (Å²) in [5, 5.41) is 7.29. The van der Waals surface area contributed by atoms with Crippen LogP contribution in [-0.2, 0) is 16.1 Å². The van der Waals surface area contributed by atoms with E-state index in [1.54, 1.807) is 5.38 Å². The number of ether oxygens (including phenoxy) is 1. The van der Waals surface area contributed by atoms with E-state index >= 15 is 0 Å². The molecule has 0 fully saturated rings. The number of primary amides is 1. The third kappa shape index (κ3) is 10.4. The molecule has 2 unspecified atom stereocenters. The summed E-state index contributed by atoms with van der Waals surface area (Å²) in [7, 11) is 0. The van der Waals surface area contributed by atoms with Crippen molar-refractivity contribution in [3.05, 3.63) is 52.0 Å². The molecule has 2 rings (SSSR count). The molecule has 2 aromatic rings. The molecule has 0 aliphatic carbocycles. The van der Waals surface area contributed by atoms with Gasteiger partial charge in [-0.25, -0.2) is 9.78 Å². The van der Waals surface area contributed by atoms with Crippen molar-refractivity contribution in [2.45, 2.75) is 64.1 Å². The zero-order valence-electron chi connectivity index (χ0n) is 20.4. The Kier molecular flexibility index (Phi) is 12.4. The normalized spacial score (nSPS) is 13.0. The number of nitrogens with zero attached hydrogens (tertiary/aromatic N) is 2. The quantitative estimate of drug-likeness (QED) is 0.144. The number of nitrogens with one attached hydrogen (secondary N) is 2. The molecule has 0 aliphatic heterocycles. The summed E-state index contributed by atoms with van der Waals surface area (Å²) >= 11 is 1.30. The summed E-state index contributed by atoms with van der Waals surface area (Å²) in [6, 6.07) is 8.25. The number of aromatic nitrogens is 1. The number of unbranched alkanes of at least 4 members (excludes halogenated alkanes) is 2. The zero-order chi connectivity index (χ0) is 26.3. The first kappa shape index (κ1) is 28.7. The van der Waals surface area contributed by atoms with Crippen LogP contribution in [0.4, 0.5) is 4.79 Å². The van der Waals surface area contributed by atoms with E-state index in [0.29, 0.717) is 30.8 Å². The molecule has 12 heteroatoms. The van der Waals surface area contributed by atoms with Crippen molar-refractivity contribution >= 4 is 35.2 Å². The maximum Gasteiger partial charge on any atom is 0.414 e. The highest BCUT2D eigenvalue weighted by molar-refractivity contribution is 7.09. The number of thiazole rings is 1. The maximum atomic E-state index is 12.4. The van der Waals surface area contributed by atoms with Crippen LogP contribution in [0.3, 0.4) is 0 Å². The number of carbonyl (C=O) groups is 3. The highest BCUT2D eigenvalue weighted by Crippen LogP contribution is 2.21. The van der Waals surface area contributed by atoms with Gasteiger partial charge in [0.1, 0.15) is 23.4 Å². The van der Waals surface area contributed by atoms with Gasteiger partial charge in [0.15, 0.2) is 5.96 Å². The van der Waals surface area contributed by atoms with Crippen LogP contribution in [0, 0.1) is 0 Å². The lowest BCUT2D eigenvalue weighted by molar-refractivity contribution is -0.120. The highest BCUT2D eigenvalue weighted by atomic mass is 32.1. The fraction of sp³-hybridized carbons (Fsp3) is 0.458. The average Bonchev–Trinajstić information content (AvgIpc) is 3.36. The van der Waals surface area contributed by atoms with Gasteiger partial charge in [0.05, 0.1) is 6.04 Å². The Morgan fingerprint density at radius 3 is 2.56 bits per heavy atom. The van der Waals surface area contributed by atoms with E-state index in [-0.39, 0.29) is 24.3 Å². The van der Waals surface area contributed by atoms with Crippen molar-refractivity contribution in [1.82, 2.24) is 15.6 Å². The van der Waals surface area contributed by atoms with Crippen molar-refractivity contribution in [3.63, 3.8) is 0 Å². The third-order valence-corrected chi connectivity index (χ3v) is 6.19. The SMILES string of the molecule is CCCCC(NC(=O)c1csc(C(N)CCCCN=C(N)NC(=O)OCc2ccccc2)n1)C(N)=O. The molecule has 0 radical (unpaired) electrons. The maximum absolute atomic E-state index is 12.4. The molecule has 8 N–H and O–H groups in total. The predicted octanol–water partition coefficient (Wildman–Crippen LogP) is 2.33. The molecule has 2 atom stereocenters. The van der Waals surface area contributed by atoms with Crippen LogP contribution in [0.1, 0.15) is 72.6 Å². The van der Waals surface area contributed by atoms with E-state index in [1.165, 1.54) is 11.3 Å². The molecule has 0 aliphatic rings. The zero-order valence-corrected chi connectivity index (χ0v) is 21.3. The molecule has 3 amide bonds. The van der Waals surface area contributed by atoms with Gasteiger partial charge in [0.25, 0.3) is 5.91 Å². The number of alkyl carbamates (subject to hydrolysis) is 1. The smallest absolute Gasteiger partial charge is 0.414 e. The van der Waals surface area contributed by atoms with Crippen LogP contribution in [-0.4, -0.2) is 41.4 Å². The molecule has 1 heterocycles. The number of aliphatic imine (C=N–C) groups is 1. The fourth-order valence-electron chi connectivity index (χ4n) is 3.19. The third-order valence-electron chi connectivity index (χ3n) is 5.22. The van der Waals surface area contributed by atoms with Gasteiger partial charge < -0.3 is 27.3 Å². The van der Waals surface area contributed by atoms with Gasteiger partial charge in [-0.1, -0.05) is 50.1 Å². The number of guanidine groups is 1. The van der Waals surface area contributed by atoms with E-state index in [0.717, 1.165) is 24.8 Å². The van der Waals surface area contributed by atoms with Crippen LogP contribution < -0.4 is 27.8 Å². The predicted molar refractivity (Wildman–Crippen MR) is 139 cm³/mol. The minimum atomic E-state index is -0.718.